The van der Waals surface area contributed by atoms with Crippen LogP contribution in [-0.4, -0.2) is 10.9 Å². The quantitative estimate of drug-likeness (QED) is 0.743. The van der Waals surface area contributed by atoms with Gasteiger partial charge in [-0.25, -0.2) is 4.98 Å². The molecule has 0 bridgehead atoms. The smallest absolute Gasteiger partial charge is 0.255 e. The van der Waals surface area contributed by atoms with Crippen LogP contribution >= 0.6 is 11.6 Å². The lowest BCUT2D eigenvalue weighted by Gasteiger charge is -2.08. The van der Waals surface area contributed by atoms with Crippen LogP contribution < -0.4 is 10.1 Å². The maximum absolute atomic E-state index is 12.2. The van der Waals surface area contributed by atoms with E-state index in [1.165, 1.54) is 0 Å². The molecule has 3 aromatic rings. The summed E-state index contributed by atoms with van der Waals surface area (Å²) in [4.78, 5) is 16.2. The lowest BCUT2D eigenvalue weighted by Crippen LogP contribution is -2.11. The minimum Gasteiger partial charge on any atom is -0.438 e. The maximum Gasteiger partial charge on any atom is 0.255 e. The normalized spacial score (nSPS) is 9.92. The fourth-order valence-electron chi connectivity index (χ4n) is 2.11. The Balaban J connectivity index is 1.70. The van der Waals surface area contributed by atoms with Gasteiger partial charge in [0.05, 0.1) is 0 Å². The van der Waals surface area contributed by atoms with E-state index in [1.54, 1.807) is 66.9 Å². The Morgan fingerprint density at radius 1 is 1.12 bits per heavy atom. The van der Waals surface area contributed by atoms with Crippen LogP contribution in [0.2, 0.25) is 5.02 Å². The summed E-state index contributed by atoms with van der Waals surface area (Å²) in [5.41, 5.74) is 1.43. The second-order valence-corrected chi connectivity index (χ2v) is 5.50. The largest absolute Gasteiger partial charge is 0.438 e. The summed E-state index contributed by atoms with van der Waals surface area (Å²) in [5.74, 6) is 0.490. The van der Waals surface area contributed by atoms with Gasteiger partial charge >= 0.3 is 0 Å². The molecule has 3 rings (SSSR count). The predicted octanol–water partition coefficient (Wildman–Crippen LogP) is 4.65. The molecule has 0 unspecified atom stereocenters. The van der Waals surface area contributed by atoms with Gasteiger partial charge in [-0.1, -0.05) is 17.7 Å². The summed E-state index contributed by atoms with van der Waals surface area (Å²) in [5, 5.41) is 12.3. The number of ether oxygens (including phenoxy) is 1. The highest BCUT2D eigenvalue weighted by atomic mass is 35.5. The van der Waals surface area contributed by atoms with Crippen LogP contribution in [0.25, 0.3) is 0 Å². The molecule has 0 aliphatic heterocycles. The third-order valence-corrected chi connectivity index (χ3v) is 3.54. The SMILES string of the molecule is N#Cc1cccnc1Oc1ccc(NC(=O)c2cccc(Cl)c2)cc1. The molecule has 0 aliphatic rings. The molecule has 0 fully saturated rings. The number of rotatable bonds is 4. The second-order valence-electron chi connectivity index (χ2n) is 5.06. The summed E-state index contributed by atoms with van der Waals surface area (Å²) in [7, 11) is 0. The molecule has 1 amide bonds. The van der Waals surface area contributed by atoms with E-state index < -0.39 is 0 Å². The summed E-state index contributed by atoms with van der Waals surface area (Å²) in [6.07, 6.45) is 1.55. The lowest BCUT2D eigenvalue weighted by atomic mass is 10.2. The van der Waals surface area contributed by atoms with Crippen LogP contribution in [0.3, 0.4) is 0 Å². The number of hydrogen-bond acceptors (Lipinski definition) is 4. The third-order valence-electron chi connectivity index (χ3n) is 3.31. The molecule has 1 N–H and O–H groups in total. The molecule has 5 nitrogen and oxygen atoms in total. The van der Waals surface area contributed by atoms with Crippen molar-refractivity contribution in [3.8, 4) is 17.7 Å². The van der Waals surface area contributed by atoms with Gasteiger partial charge in [0.1, 0.15) is 17.4 Å². The van der Waals surface area contributed by atoms with Crippen molar-refractivity contribution < 1.29 is 9.53 Å². The Morgan fingerprint density at radius 2 is 1.92 bits per heavy atom. The number of carbonyl (C=O) groups is 1. The Kier molecular flexibility index (Phi) is 4.93. The van der Waals surface area contributed by atoms with Crippen molar-refractivity contribution in [2.45, 2.75) is 0 Å². The van der Waals surface area contributed by atoms with E-state index in [0.717, 1.165) is 0 Å². The minimum absolute atomic E-state index is 0.237. The number of anilines is 1. The molecule has 6 heteroatoms. The van der Waals surface area contributed by atoms with E-state index in [4.69, 9.17) is 21.6 Å². The van der Waals surface area contributed by atoms with Crippen molar-refractivity contribution in [2.75, 3.05) is 5.32 Å². The highest BCUT2D eigenvalue weighted by Gasteiger charge is 2.08. The summed E-state index contributed by atoms with van der Waals surface area (Å²) < 4.78 is 5.60. The number of hydrogen-bond donors (Lipinski definition) is 1. The zero-order valence-corrected chi connectivity index (χ0v) is 13.7. The molecule has 1 aromatic heterocycles. The van der Waals surface area contributed by atoms with Crippen LogP contribution in [0.15, 0.2) is 66.9 Å². The molecular weight excluding hydrogens is 338 g/mol. The third kappa shape index (κ3) is 4.14. The monoisotopic (exact) mass is 349 g/mol. The van der Waals surface area contributed by atoms with Crippen molar-refractivity contribution in [3.63, 3.8) is 0 Å². The standard InChI is InChI=1S/C19H12ClN3O2/c20-15-5-1-3-13(11-15)18(24)23-16-6-8-17(9-7-16)25-19-14(12-21)4-2-10-22-19/h1-11H,(H,23,24). The van der Waals surface area contributed by atoms with E-state index in [2.05, 4.69) is 10.3 Å². The first-order chi connectivity index (χ1) is 12.2. The first-order valence-corrected chi connectivity index (χ1v) is 7.73. The Morgan fingerprint density at radius 3 is 2.64 bits per heavy atom. The van der Waals surface area contributed by atoms with Gasteiger partial charge in [0.15, 0.2) is 0 Å². The van der Waals surface area contributed by atoms with Crippen molar-refractivity contribution in [1.29, 1.82) is 5.26 Å². The van der Waals surface area contributed by atoms with Crippen molar-refractivity contribution in [3.05, 3.63) is 83.0 Å². The average molecular weight is 350 g/mol. The zero-order chi connectivity index (χ0) is 17.6. The average Bonchev–Trinajstić information content (AvgIpc) is 2.64. The number of pyridine rings is 1. The fourth-order valence-corrected chi connectivity index (χ4v) is 2.30. The molecule has 1 heterocycles. The highest BCUT2D eigenvalue weighted by molar-refractivity contribution is 6.31. The molecule has 0 radical (unpaired) electrons. The molecular formula is C19H12ClN3O2. The number of carbonyl (C=O) groups excluding carboxylic acids is 1. The fraction of sp³-hybridized carbons (Fsp3) is 0. The van der Waals surface area contributed by atoms with Gasteiger partial charge in [0, 0.05) is 22.5 Å². The number of benzene rings is 2. The van der Waals surface area contributed by atoms with Gasteiger partial charge in [-0.3, -0.25) is 4.79 Å². The lowest BCUT2D eigenvalue weighted by molar-refractivity contribution is 0.102. The van der Waals surface area contributed by atoms with Crippen LogP contribution in [0.4, 0.5) is 5.69 Å². The van der Waals surface area contributed by atoms with E-state index in [0.29, 0.717) is 27.6 Å². The number of nitriles is 1. The van der Waals surface area contributed by atoms with E-state index in [-0.39, 0.29) is 11.8 Å². The predicted molar refractivity (Wildman–Crippen MR) is 94.9 cm³/mol. The number of amides is 1. The molecule has 0 spiro atoms. The van der Waals surface area contributed by atoms with Gasteiger partial charge in [-0.15, -0.1) is 0 Å². The number of aromatic nitrogens is 1. The Bertz CT molecular complexity index is 949. The Labute approximate surface area is 149 Å². The van der Waals surface area contributed by atoms with Crippen molar-refractivity contribution in [1.82, 2.24) is 4.98 Å². The van der Waals surface area contributed by atoms with Gasteiger partial charge in [0.25, 0.3) is 5.91 Å². The van der Waals surface area contributed by atoms with E-state index in [1.807, 2.05) is 6.07 Å². The zero-order valence-electron chi connectivity index (χ0n) is 12.9. The van der Waals surface area contributed by atoms with Gasteiger partial charge in [-0.2, -0.15) is 5.26 Å². The van der Waals surface area contributed by atoms with Crippen molar-refractivity contribution >= 4 is 23.2 Å². The van der Waals surface area contributed by atoms with Crippen LogP contribution in [0, 0.1) is 11.3 Å². The van der Waals surface area contributed by atoms with E-state index in [9.17, 15) is 4.79 Å². The highest BCUT2D eigenvalue weighted by Crippen LogP contribution is 2.24. The summed E-state index contributed by atoms with van der Waals surface area (Å²) in [6.45, 7) is 0. The first-order valence-electron chi connectivity index (χ1n) is 7.35. The first kappa shape index (κ1) is 16.5. The summed E-state index contributed by atoms with van der Waals surface area (Å²) >= 11 is 5.89. The minimum atomic E-state index is -0.257. The van der Waals surface area contributed by atoms with Gasteiger partial charge < -0.3 is 10.1 Å². The van der Waals surface area contributed by atoms with Gasteiger partial charge in [-0.05, 0) is 54.6 Å². The van der Waals surface area contributed by atoms with Gasteiger partial charge in [0.2, 0.25) is 5.88 Å². The van der Waals surface area contributed by atoms with Crippen LogP contribution in [0.5, 0.6) is 11.6 Å². The van der Waals surface area contributed by atoms with Crippen LogP contribution in [-0.2, 0) is 0 Å². The molecule has 0 saturated heterocycles. The second kappa shape index (κ2) is 7.47. The molecule has 25 heavy (non-hydrogen) atoms. The number of nitrogens with one attached hydrogen (secondary N) is 1. The molecule has 0 saturated carbocycles. The molecule has 122 valence electrons. The van der Waals surface area contributed by atoms with Crippen LogP contribution in [0.1, 0.15) is 15.9 Å². The van der Waals surface area contributed by atoms with E-state index >= 15 is 0 Å². The Hall–Kier alpha value is -3.36. The van der Waals surface area contributed by atoms with Crippen molar-refractivity contribution in [2.24, 2.45) is 0 Å². The number of halogens is 1. The maximum atomic E-state index is 12.2. The molecule has 2 aromatic carbocycles. The molecule has 0 aliphatic carbocycles. The topological polar surface area (TPSA) is 75.0 Å². The molecule has 0 atom stereocenters. The summed E-state index contributed by atoms with van der Waals surface area (Å²) in [6, 6.07) is 18.8. The number of nitrogens with zero attached hydrogens (tertiary/aromatic N) is 2.